The van der Waals surface area contributed by atoms with Gasteiger partial charge in [-0.25, -0.2) is 4.79 Å². The monoisotopic (exact) mass is 360 g/mol. The third kappa shape index (κ3) is 9.15. The molecule has 0 aliphatic carbocycles. The summed E-state index contributed by atoms with van der Waals surface area (Å²) in [4.78, 5) is 36.3. The van der Waals surface area contributed by atoms with Gasteiger partial charge in [-0.2, -0.15) is 11.8 Å². The summed E-state index contributed by atoms with van der Waals surface area (Å²) in [6.45, 7) is 13.5. The van der Waals surface area contributed by atoms with Crippen LogP contribution in [-0.4, -0.2) is 47.0 Å². The number of esters is 1. The smallest absolute Gasteiger partial charge is 0.329 e. The minimum Gasteiger partial charge on any atom is -0.464 e. The van der Waals surface area contributed by atoms with E-state index < -0.39 is 18.1 Å². The lowest BCUT2D eigenvalue weighted by atomic mass is 10.0. The molecule has 0 aliphatic heterocycles. The molecule has 0 aromatic rings. The Bertz CT molecular complexity index is 433. The number of carbonyl (C=O) groups is 3. The van der Waals surface area contributed by atoms with Gasteiger partial charge in [0.05, 0.1) is 6.61 Å². The molecule has 0 fully saturated rings. The lowest BCUT2D eigenvalue weighted by Crippen LogP contribution is -2.54. The van der Waals surface area contributed by atoms with Crippen molar-refractivity contribution in [2.75, 3.05) is 12.4 Å². The minimum atomic E-state index is -0.735. The molecule has 2 N–H and O–H groups in total. The maximum absolute atomic E-state index is 12.5. The van der Waals surface area contributed by atoms with Crippen molar-refractivity contribution in [3.63, 3.8) is 0 Å². The molecule has 0 heterocycles. The summed E-state index contributed by atoms with van der Waals surface area (Å²) >= 11 is 1.57. The average molecular weight is 361 g/mol. The summed E-state index contributed by atoms with van der Waals surface area (Å²) < 4.78 is 5.02. The Balaban J connectivity index is 5.03. The normalized spacial score (nSPS) is 14.0. The zero-order valence-corrected chi connectivity index (χ0v) is 16.7. The minimum absolute atomic E-state index is 0.0383. The van der Waals surface area contributed by atoms with Gasteiger partial charge in [-0.3, -0.25) is 9.59 Å². The largest absolute Gasteiger partial charge is 0.464 e. The van der Waals surface area contributed by atoms with Gasteiger partial charge in [0.15, 0.2) is 0 Å². The summed E-state index contributed by atoms with van der Waals surface area (Å²) in [7, 11) is 0. The van der Waals surface area contributed by atoms with E-state index in [1.54, 1.807) is 25.6 Å². The first-order valence-corrected chi connectivity index (χ1v) is 9.40. The van der Waals surface area contributed by atoms with Crippen LogP contribution in [0.2, 0.25) is 0 Å². The van der Waals surface area contributed by atoms with Crippen LogP contribution in [0, 0.1) is 5.92 Å². The van der Waals surface area contributed by atoms with Crippen LogP contribution in [0.3, 0.4) is 0 Å². The number of carbonyl (C=O) groups excluding carboxylic acids is 3. The molecule has 0 aromatic heterocycles. The van der Waals surface area contributed by atoms with Crippen LogP contribution in [0.4, 0.5) is 0 Å². The quantitative estimate of drug-likeness (QED) is 0.615. The van der Waals surface area contributed by atoms with E-state index in [0.717, 1.165) is 0 Å². The van der Waals surface area contributed by atoms with Gasteiger partial charge in [-0.05, 0) is 12.8 Å². The molecule has 140 valence electrons. The van der Waals surface area contributed by atoms with E-state index >= 15 is 0 Å². The molecule has 0 saturated carbocycles. The molecule has 0 aromatic carbocycles. The maximum atomic E-state index is 12.5. The number of ether oxygens (including phenoxy) is 1. The summed E-state index contributed by atoms with van der Waals surface area (Å²) in [5, 5.41) is 5.44. The highest BCUT2D eigenvalue weighted by Crippen LogP contribution is 2.24. The second-order valence-corrected chi connectivity index (χ2v) is 8.73. The molecule has 0 rings (SSSR count). The van der Waals surface area contributed by atoms with Crippen molar-refractivity contribution in [3.05, 3.63) is 0 Å². The van der Waals surface area contributed by atoms with Crippen LogP contribution in [0.25, 0.3) is 0 Å². The summed E-state index contributed by atoms with van der Waals surface area (Å²) in [6.07, 6.45) is 0.303. The van der Waals surface area contributed by atoms with Gasteiger partial charge < -0.3 is 15.4 Å². The van der Waals surface area contributed by atoms with Crippen molar-refractivity contribution in [3.8, 4) is 0 Å². The molecule has 2 atom stereocenters. The summed E-state index contributed by atoms with van der Waals surface area (Å²) in [6, 6.07) is -1.41. The third-order valence-corrected chi connectivity index (χ3v) is 4.52. The average Bonchev–Trinajstić information content (AvgIpc) is 2.47. The van der Waals surface area contributed by atoms with Gasteiger partial charge in [0.2, 0.25) is 11.8 Å². The number of hydrogen-bond donors (Lipinski definition) is 2. The SMILES string of the molecule is CCOC(=O)C(CSC(C)(C)C)NC(=O)C(NC(=O)CC)C(C)C. The Hall–Kier alpha value is -1.24. The van der Waals surface area contributed by atoms with E-state index in [1.165, 1.54) is 0 Å². The van der Waals surface area contributed by atoms with Crippen molar-refractivity contribution >= 4 is 29.5 Å². The van der Waals surface area contributed by atoms with Crippen molar-refractivity contribution in [2.45, 2.75) is 71.7 Å². The first-order valence-electron chi connectivity index (χ1n) is 8.42. The van der Waals surface area contributed by atoms with Crippen molar-refractivity contribution in [1.82, 2.24) is 10.6 Å². The Morgan fingerprint density at radius 3 is 2.08 bits per heavy atom. The Morgan fingerprint density at radius 2 is 1.67 bits per heavy atom. The molecular weight excluding hydrogens is 328 g/mol. The van der Waals surface area contributed by atoms with Crippen LogP contribution >= 0.6 is 11.8 Å². The fourth-order valence-corrected chi connectivity index (χ4v) is 2.70. The van der Waals surface area contributed by atoms with Crippen LogP contribution in [0.5, 0.6) is 0 Å². The summed E-state index contributed by atoms with van der Waals surface area (Å²) in [5.74, 6) is -0.675. The summed E-state index contributed by atoms with van der Waals surface area (Å²) in [5.41, 5.74) is 0. The fraction of sp³-hybridized carbons (Fsp3) is 0.824. The molecule has 0 saturated heterocycles. The third-order valence-electron chi connectivity index (χ3n) is 3.16. The van der Waals surface area contributed by atoms with Gasteiger partial charge in [0.25, 0.3) is 0 Å². The van der Waals surface area contributed by atoms with Crippen LogP contribution in [0.15, 0.2) is 0 Å². The first kappa shape index (κ1) is 22.8. The molecule has 0 bridgehead atoms. The number of amides is 2. The van der Waals surface area contributed by atoms with Gasteiger partial charge in [0.1, 0.15) is 12.1 Å². The fourth-order valence-electron chi connectivity index (χ4n) is 1.82. The number of hydrogen-bond acceptors (Lipinski definition) is 5. The highest BCUT2D eigenvalue weighted by Gasteiger charge is 2.30. The number of thioether (sulfide) groups is 1. The molecule has 2 amide bonds. The zero-order chi connectivity index (χ0) is 18.9. The van der Waals surface area contributed by atoms with E-state index in [9.17, 15) is 14.4 Å². The maximum Gasteiger partial charge on any atom is 0.329 e. The Labute approximate surface area is 149 Å². The van der Waals surface area contributed by atoms with Crippen molar-refractivity contribution < 1.29 is 19.1 Å². The first-order chi connectivity index (χ1) is 11.0. The predicted molar refractivity (Wildman–Crippen MR) is 97.8 cm³/mol. The molecule has 6 nitrogen and oxygen atoms in total. The van der Waals surface area contributed by atoms with Crippen LogP contribution in [-0.2, 0) is 19.1 Å². The van der Waals surface area contributed by atoms with E-state index in [-0.39, 0.29) is 29.1 Å². The lowest BCUT2D eigenvalue weighted by Gasteiger charge is -2.26. The van der Waals surface area contributed by atoms with E-state index in [4.69, 9.17) is 4.74 Å². The second-order valence-electron chi connectivity index (χ2n) is 6.88. The van der Waals surface area contributed by atoms with Gasteiger partial charge in [-0.15, -0.1) is 0 Å². The molecular formula is C17H32N2O4S. The van der Waals surface area contributed by atoms with Crippen molar-refractivity contribution in [2.24, 2.45) is 5.92 Å². The Kier molecular flexibility index (Phi) is 10.0. The predicted octanol–water partition coefficient (Wildman–Crippen LogP) is 2.12. The van der Waals surface area contributed by atoms with E-state index in [1.807, 2.05) is 34.6 Å². The zero-order valence-electron chi connectivity index (χ0n) is 15.9. The molecule has 0 radical (unpaired) electrons. The van der Waals surface area contributed by atoms with Crippen molar-refractivity contribution in [1.29, 1.82) is 0 Å². The van der Waals surface area contributed by atoms with Gasteiger partial charge in [0, 0.05) is 16.9 Å². The van der Waals surface area contributed by atoms with Gasteiger partial charge >= 0.3 is 5.97 Å². The molecule has 0 aliphatic rings. The molecule has 7 heteroatoms. The lowest BCUT2D eigenvalue weighted by molar-refractivity contribution is -0.147. The standard InChI is InChI=1S/C17H32N2O4S/c1-8-13(20)19-14(11(3)4)15(21)18-12(16(22)23-9-2)10-24-17(5,6)7/h11-12,14H,8-10H2,1-7H3,(H,18,21)(H,19,20). The van der Waals surface area contributed by atoms with Crippen LogP contribution in [0.1, 0.15) is 54.9 Å². The number of rotatable bonds is 9. The second kappa shape index (κ2) is 10.6. The molecule has 0 spiro atoms. The topological polar surface area (TPSA) is 84.5 Å². The molecule has 24 heavy (non-hydrogen) atoms. The van der Waals surface area contributed by atoms with Crippen LogP contribution < -0.4 is 10.6 Å². The number of nitrogens with one attached hydrogen (secondary N) is 2. The highest BCUT2D eigenvalue weighted by atomic mass is 32.2. The van der Waals surface area contributed by atoms with E-state index in [2.05, 4.69) is 10.6 Å². The van der Waals surface area contributed by atoms with E-state index in [0.29, 0.717) is 12.2 Å². The Morgan fingerprint density at radius 1 is 1.08 bits per heavy atom. The van der Waals surface area contributed by atoms with Gasteiger partial charge in [-0.1, -0.05) is 41.5 Å². The highest BCUT2D eigenvalue weighted by molar-refractivity contribution is 8.00. The molecule has 2 unspecified atom stereocenters.